The molecule has 0 spiro atoms. The number of nitrogens with two attached hydrogens (primary N) is 1. The van der Waals surface area contributed by atoms with E-state index in [-0.39, 0.29) is 0 Å². The quantitative estimate of drug-likeness (QED) is 0.785. The Labute approximate surface area is 111 Å². The Morgan fingerprint density at radius 2 is 2.16 bits per heavy atom. The minimum atomic E-state index is -2.20. The van der Waals surface area contributed by atoms with Gasteiger partial charge < -0.3 is 20.0 Å². The number of aliphatic hydroxyl groups excluding tert-OH is 1. The molecule has 0 saturated heterocycles. The zero-order valence-corrected chi connectivity index (χ0v) is 11.9. The smallest absolute Gasteiger partial charge is 0.165 e. The Hall–Kier alpha value is -1.46. The molecule has 0 fully saturated rings. The fourth-order valence-electron chi connectivity index (χ4n) is 1.95. The number of aryl methyl sites for hydroxylation is 1. The average molecular weight is 283 g/mol. The van der Waals surface area contributed by atoms with Gasteiger partial charge in [-0.25, -0.2) is 15.0 Å². The number of rotatable bonds is 5. The molecule has 7 nitrogen and oxygen atoms in total. The predicted molar refractivity (Wildman–Crippen MR) is 74.7 cm³/mol. The lowest BCUT2D eigenvalue weighted by Gasteiger charge is -2.13. The summed E-state index contributed by atoms with van der Waals surface area (Å²) >= 11 is 0. The molecule has 2 aromatic heterocycles. The van der Waals surface area contributed by atoms with Gasteiger partial charge in [0, 0.05) is 12.7 Å². The lowest BCUT2D eigenvalue weighted by Crippen LogP contribution is -2.15. The summed E-state index contributed by atoms with van der Waals surface area (Å²) in [6.45, 7) is 3.90. The van der Waals surface area contributed by atoms with Gasteiger partial charge in [-0.3, -0.25) is 0 Å². The highest BCUT2D eigenvalue weighted by atomic mass is 31.2. The van der Waals surface area contributed by atoms with Gasteiger partial charge in [0.1, 0.15) is 11.8 Å². The van der Waals surface area contributed by atoms with E-state index in [0.29, 0.717) is 36.1 Å². The summed E-state index contributed by atoms with van der Waals surface area (Å²) in [6, 6.07) is 0. The van der Waals surface area contributed by atoms with Crippen LogP contribution in [0.5, 0.6) is 0 Å². The van der Waals surface area contributed by atoms with Crippen LogP contribution >= 0.6 is 7.14 Å². The SMILES string of the molecule is CP(C)(=O)C[C@H](O)CCn1cnc2c(N)ncnc21. The van der Waals surface area contributed by atoms with Gasteiger partial charge in [0.15, 0.2) is 11.5 Å². The van der Waals surface area contributed by atoms with Crippen molar-refractivity contribution in [3.63, 3.8) is 0 Å². The van der Waals surface area contributed by atoms with Crippen molar-refractivity contribution in [2.75, 3.05) is 25.2 Å². The molecule has 0 radical (unpaired) electrons. The first-order valence-corrected chi connectivity index (χ1v) is 8.79. The Balaban J connectivity index is 2.06. The van der Waals surface area contributed by atoms with Crippen molar-refractivity contribution < 1.29 is 9.67 Å². The standard InChI is InChI=1S/C11H18N5O2P/c1-19(2,18)5-8(17)3-4-16-7-15-9-10(12)13-6-14-11(9)16/h6-8,17H,3-5H2,1-2H3,(H2,12,13,14)/t8-/m1/s1. The number of fused-ring (bicyclic) bond motifs is 1. The fourth-order valence-corrected chi connectivity index (χ4v) is 3.15. The van der Waals surface area contributed by atoms with Crippen LogP contribution in [-0.4, -0.2) is 50.2 Å². The van der Waals surface area contributed by atoms with E-state index in [0.717, 1.165) is 0 Å². The van der Waals surface area contributed by atoms with Gasteiger partial charge in [0.2, 0.25) is 0 Å². The highest BCUT2D eigenvalue weighted by Gasteiger charge is 2.15. The van der Waals surface area contributed by atoms with E-state index < -0.39 is 13.2 Å². The summed E-state index contributed by atoms with van der Waals surface area (Å²) in [5.41, 5.74) is 6.91. The summed E-state index contributed by atoms with van der Waals surface area (Å²) in [5, 5.41) is 9.85. The number of hydrogen-bond donors (Lipinski definition) is 2. The fraction of sp³-hybridized carbons (Fsp3) is 0.545. The summed E-state index contributed by atoms with van der Waals surface area (Å²) in [4.78, 5) is 12.1. The molecule has 0 saturated carbocycles. The number of anilines is 1. The third kappa shape index (κ3) is 3.52. The predicted octanol–water partition coefficient (Wildman–Crippen LogP) is 0.782. The number of aliphatic hydroxyl groups is 1. The Kier molecular flexibility index (Phi) is 3.87. The number of nitrogens with zero attached hydrogens (tertiary/aromatic N) is 4. The van der Waals surface area contributed by atoms with E-state index in [4.69, 9.17) is 5.73 Å². The monoisotopic (exact) mass is 283 g/mol. The molecule has 0 bridgehead atoms. The molecule has 104 valence electrons. The summed E-state index contributed by atoms with van der Waals surface area (Å²) in [6.07, 6.45) is 3.26. The molecule has 0 amide bonds. The minimum Gasteiger partial charge on any atom is -0.393 e. The lowest BCUT2D eigenvalue weighted by molar-refractivity contribution is 0.180. The first-order valence-electron chi connectivity index (χ1n) is 6.00. The van der Waals surface area contributed by atoms with Crippen LogP contribution < -0.4 is 5.73 Å². The van der Waals surface area contributed by atoms with E-state index in [1.807, 2.05) is 4.57 Å². The van der Waals surface area contributed by atoms with E-state index in [1.165, 1.54) is 6.33 Å². The molecule has 3 N–H and O–H groups in total. The molecule has 2 aromatic rings. The summed E-state index contributed by atoms with van der Waals surface area (Å²) in [5.74, 6) is 0.343. The van der Waals surface area contributed by atoms with Crippen LogP contribution in [0.2, 0.25) is 0 Å². The molecule has 0 aliphatic heterocycles. The zero-order valence-electron chi connectivity index (χ0n) is 11.0. The van der Waals surface area contributed by atoms with Gasteiger partial charge >= 0.3 is 0 Å². The number of nitrogen functional groups attached to an aromatic ring is 1. The van der Waals surface area contributed by atoms with Crippen molar-refractivity contribution in [3.05, 3.63) is 12.7 Å². The van der Waals surface area contributed by atoms with Gasteiger partial charge in [-0.15, -0.1) is 0 Å². The third-order valence-corrected chi connectivity index (χ3v) is 4.08. The second-order valence-corrected chi connectivity index (χ2v) is 8.58. The molecule has 8 heteroatoms. The topological polar surface area (TPSA) is 107 Å². The maximum Gasteiger partial charge on any atom is 0.165 e. The Bertz CT molecular complexity index is 621. The van der Waals surface area contributed by atoms with Crippen LogP contribution in [0.15, 0.2) is 12.7 Å². The first kappa shape index (κ1) is 14.0. The normalized spacial score (nSPS) is 13.8. The highest BCUT2D eigenvalue weighted by molar-refractivity contribution is 7.62. The molecule has 0 aliphatic carbocycles. The molecule has 0 aliphatic rings. The molecule has 1 atom stereocenters. The molecule has 2 heterocycles. The van der Waals surface area contributed by atoms with Gasteiger partial charge in [0.05, 0.1) is 19.6 Å². The Morgan fingerprint density at radius 1 is 1.42 bits per heavy atom. The molecule has 19 heavy (non-hydrogen) atoms. The average Bonchev–Trinajstić information content (AvgIpc) is 2.69. The molecule has 0 unspecified atom stereocenters. The Morgan fingerprint density at radius 3 is 2.84 bits per heavy atom. The van der Waals surface area contributed by atoms with Crippen LogP contribution in [0, 0.1) is 0 Å². The van der Waals surface area contributed by atoms with Gasteiger partial charge in [-0.1, -0.05) is 0 Å². The van der Waals surface area contributed by atoms with Crippen LogP contribution in [0.3, 0.4) is 0 Å². The minimum absolute atomic E-state index is 0.330. The van der Waals surface area contributed by atoms with Gasteiger partial charge in [0.25, 0.3) is 0 Å². The van der Waals surface area contributed by atoms with E-state index in [2.05, 4.69) is 15.0 Å². The number of hydrogen-bond acceptors (Lipinski definition) is 6. The van der Waals surface area contributed by atoms with Crippen LogP contribution in [0.1, 0.15) is 6.42 Å². The van der Waals surface area contributed by atoms with Gasteiger partial charge in [-0.05, 0) is 19.8 Å². The second-order valence-electron chi connectivity index (χ2n) is 5.07. The lowest BCUT2D eigenvalue weighted by atomic mass is 10.3. The van der Waals surface area contributed by atoms with E-state index >= 15 is 0 Å². The van der Waals surface area contributed by atoms with E-state index in [1.54, 1.807) is 19.7 Å². The molecule has 2 rings (SSSR count). The zero-order chi connectivity index (χ0) is 14.0. The van der Waals surface area contributed by atoms with Crippen molar-refractivity contribution in [3.8, 4) is 0 Å². The van der Waals surface area contributed by atoms with Crippen molar-refractivity contribution in [1.29, 1.82) is 0 Å². The maximum absolute atomic E-state index is 11.6. The molecular weight excluding hydrogens is 265 g/mol. The van der Waals surface area contributed by atoms with E-state index in [9.17, 15) is 9.67 Å². The van der Waals surface area contributed by atoms with Crippen LogP contribution in [-0.2, 0) is 11.1 Å². The second kappa shape index (κ2) is 5.27. The number of aromatic nitrogens is 4. The highest BCUT2D eigenvalue weighted by Crippen LogP contribution is 2.36. The van der Waals surface area contributed by atoms with Crippen LogP contribution in [0.25, 0.3) is 11.2 Å². The van der Waals surface area contributed by atoms with Crippen molar-refractivity contribution in [1.82, 2.24) is 19.5 Å². The third-order valence-electron chi connectivity index (χ3n) is 2.78. The first-order chi connectivity index (χ1) is 8.87. The van der Waals surface area contributed by atoms with Gasteiger partial charge in [-0.2, -0.15) is 0 Å². The largest absolute Gasteiger partial charge is 0.393 e. The van der Waals surface area contributed by atoms with Crippen molar-refractivity contribution >= 4 is 24.1 Å². The summed E-state index contributed by atoms with van der Waals surface area (Å²) < 4.78 is 13.4. The summed E-state index contributed by atoms with van der Waals surface area (Å²) in [7, 11) is -2.20. The maximum atomic E-state index is 11.6. The number of imidazole rings is 1. The molecular formula is C11H18N5O2P. The van der Waals surface area contributed by atoms with Crippen molar-refractivity contribution in [2.45, 2.75) is 19.1 Å². The molecule has 0 aromatic carbocycles. The van der Waals surface area contributed by atoms with Crippen LogP contribution in [0.4, 0.5) is 5.82 Å². The van der Waals surface area contributed by atoms with Crippen molar-refractivity contribution in [2.24, 2.45) is 0 Å².